The number of aliphatic hydroxyl groups excluding tert-OH is 1. The molecule has 21 heavy (non-hydrogen) atoms. The lowest BCUT2D eigenvalue weighted by Crippen LogP contribution is -2.12. The Kier molecular flexibility index (Phi) is 5.20. The maximum atomic E-state index is 11.4. The molecule has 114 valence electrons. The number of hydrogen-bond donors (Lipinski definition) is 1. The summed E-state index contributed by atoms with van der Waals surface area (Å²) < 4.78 is 28.5. The molecule has 1 N–H and O–H groups in total. The van der Waals surface area contributed by atoms with Gasteiger partial charge in [-0.1, -0.05) is 37.3 Å². The minimum absolute atomic E-state index is 0.107. The van der Waals surface area contributed by atoms with Gasteiger partial charge in [0.2, 0.25) is 0 Å². The minimum atomic E-state index is -2.95. The van der Waals surface area contributed by atoms with E-state index in [0.717, 1.165) is 16.3 Å². The van der Waals surface area contributed by atoms with Crippen molar-refractivity contribution in [2.75, 3.05) is 18.1 Å². The van der Waals surface area contributed by atoms with Crippen LogP contribution < -0.4 is 4.74 Å². The molecule has 0 amide bonds. The molecule has 0 spiro atoms. The Morgan fingerprint density at radius 2 is 1.90 bits per heavy atom. The molecule has 0 unspecified atom stereocenters. The Hall–Kier alpha value is -1.59. The second kappa shape index (κ2) is 6.91. The lowest BCUT2D eigenvalue weighted by Gasteiger charge is -2.12. The second-order valence-electron chi connectivity index (χ2n) is 4.86. The average molecular weight is 308 g/mol. The fraction of sp³-hybridized carbons (Fsp3) is 0.375. The molecule has 2 aromatic carbocycles. The van der Waals surface area contributed by atoms with Crippen LogP contribution in [0.2, 0.25) is 0 Å². The summed E-state index contributed by atoms with van der Waals surface area (Å²) in [5.41, 5.74) is 0.742. The zero-order valence-corrected chi connectivity index (χ0v) is 12.9. The van der Waals surface area contributed by atoms with Gasteiger partial charge in [-0.3, -0.25) is 0 Å². The third kappa shape index (κ3) is 3.95. The van der Waals surface area contributed by atoms with Crippen LogP contribution >= 0.6 is 0 Å². The largest absolute Gasteiger partial charge is 0.493 e. The van der Waals surface area contributed by atoms with Gasteiger partial charge in [-0.25, -0.2) is 8.42 Å². The van der Waals surface area contributed by atoms with E-state index in [1.165, 1.54) is 0 Å². The van der Waals surface area contributed by atoms with Gasteiger partial charge >= 0.3 is 0 Å². The Balaban J connectivity index is 2.08. The maximum absolute atomic E-state index is 11.4. The molecule has 2 rings (SSSR count). The smallest absolute Gasteiger partial charge is 0.150 e. The number of fused-ring (bicyclic) bond motifs is 1. The van der Waals surface area contributed by atoms with Crippen LogP contribution in [-0.2, 0) is 16.4 Å². The van der Waals surface area contributed by atoms with Gasteiger partial charge in [0.1, 0.15) is 15.6 Å². The van der Waals surface area contributed by atoms with Gasteiger partial charge in [-0.05, 0) is 23.3 Å². The molecule has 0 bridgehead atoms. The van der Waals surface area contributed by atoms with Crippen LogP contribution in [0, 0.1) is 0 Å². The van der Waals surface area contributed by atoms with E-state index in [1.54, 1.807) is 6.92 Å². The molecule has 0 heterocycles. The monoisotopic (exact) mass is 308 g/mol. The van der Waals surface area contributed by atoms with Crippen molar-refractivity contribution in [3.8, 4) is 5.75 Å². The second-order valence-corrected chi connectivity index (χ2v) is 7.33. The molecule has 2 aromatic rings. The molecule has 0 aromatic heterocycles. The van der Waals surface area contributed by atoms with E-state index in [9.17, 15) is 13.5 Å². The SMILES string of the molecule is CCS(=O)(=O)CCCOc1ccc2ccccc2c1CO. The average Bonchev–Trinajstić information content (AvgIpc) is 2.51. The Morgan fingerprint density at radius 3 is 2.62 bits per heavy atom. The molecular weight excluding hydrogens is 288 g/mol. The van der Waals surface area contributed by atoms with Crippen LogP contribution in [0.25, 0.3) is 10.8 Å². The summed E-state index contributed by atoms with van der Waals surface area (Å²) in [7, 11) is -2.95. The highest BCUT2D eigenvalue weighted by Gasteiger charge is 2.10. The Morgan fingerprint density at radius 1 is 1.14 bits per heavy atom. The Bertz CT molecular complexity index is 707. The van der Waals surface area contributed by atoms with E-state index in [-0.39, 0.29) is 18.1 Å². The highest BCUT2D eigenvalue weighted by molar-refractivity contribution is 7.91. The molecule has 0 saturated carbocycles. The zero-order chi connectivity index (χ0) is 15.3. The summed E-state index contributed by atoms with van der Waals surface area (Å²) >= 11 is 0. The van der Waals surface area contributed by atoms with Crippen molar-refractivity contribution in [1.82, 2.24) is 0 Å². The van der Waals surface area contributed by atoms with E-state index < -0.39 is 9.84 Å². The summed E-state index contributed by atoms with van der Waals surface area (Å²) in [4.78, 5) is 0. The van der Waals surface area contributed by atoms with Crippen molar-refractivity contribution in [2.24, 2.45) is 0 Å². The fourth-order valence-corrected chi connectivity index (χ4v) is 3.07. The van der Waals surface area contributed by atoms with Crippen molar-refractivity contribution < 1.29 is 18.3 Å². The van der Waals surface area contributed by atoms with Gasteiger partial charge in [0.25, 0.3) is 0 Å². The number of sulfone groups is 1. The zero-order valence-electron chi connectivity index (χ0n) is 12.1. The van der Waals surface area contributed by atoms with E-state index in [0.29, 0.717) is 18.8 Å². The van der Waals surface area contributed by atoms with Crippen LogP contribution in [0.1, 0.15) is 18.9 Å². The highest BCUT2D eigenvalue weighted by atomic mass is 32.2. The van der Waals surface area contributed by atoms with E-state index >= 15 is 0 Å². The summed E-state index contributed by atoms with van der Waals surface area (Å²) in [5, 5.41) is 11.6. The van der Waals surface area contributed by atoms with Crippen molar-refractivity contribution in [3.05, 3.63) is 42.0 Å². The summed E-state index contributed by atoms with van der Waals surface area (Å²) in [6, 6.07) is 11.5. The van der Waals surface area contributed by atoms with Gasteiger partial charge in [0.15, 0.2) is 0 Å². The summed E-state index contributed by atoms with van der Waals surface area (Å²) in [5.74, 6) is 0.904. The lowest BCUT2D eigenvalue weighted by atomic mass is 10.0. The van der Waals surface area contributed by atoms with Crippen molar-refractivity contribution >= 4 is 20.6 Å². The maximum Gasteiger partial charge on any atom is 0.150 e. The number of aliphatic hydroxyl groups is 1. The Labute approximate surface area is 125 Å². The number of benzene rings is 2. The molecule has 0 aliphatic heterocycles. The third-order valence-corrected chi connectivity index (χ3v) is 5.24. The minimum Gasteiger partial charge on any atom is -0.493 e. The molecule has 5 heteroatoms. The van der Waals surface area contributed by atoms with Gasteiger partial charge in [-0.2, -0.15) is 0 Å². The molecular formula is C16H20O4S. The van der Waals surface area contributed by atoms with Crippen LogP contribution in [0.4, 0.5) is 0 Å². The fourth-order valence-electron chi connectivity index (χ4n) is 2.22. The molecule has 0 saturated heterocycles. The normalized spacial score (nSPS) is 11.7. The van der Waals surface area contributed by atoms with Gasteiger partial charge < -0.3 is 9.84 Å². The topological polar surface area (TPSA) is 63.6 Å². The molecule has 0 atom stereocenters. The summed E-state index contributed by atoms with van der Waals surface area (Å²) in [6.07, 6.45) is 0.452. The number of rotatable bonds is 7. The molecule has 0 aliphatic rings. The van der Waals surface area contributed by atoms with E-state index in [1.807, 2.05) is 36.4 Å². The predicted octanol–water partition coefficient (Wildman–Crippen LogP) is 2.54. The predicted molar refractivity (Wildman–Crippen MR) is 84.3 cm³/mol. The first-order valence-electron chi connectivity index (χ1n) is 7.02. The molecule has 4 nitrogen and oxygen atoms in total. The van der Waals surface area contributed by atoms with Gasteiger partial charge in [0, 0.05) is 11.3 Å². The quantitative estimate of drug-likeness (QED) is 0.798. The lowest BCUT2D eigenvalue weighted by molar-refractivity contribution is 0.264. The first-order valence-corrected chi connectivity index (χ1v) is 8.84. The van der Waals surface area contributed by atoms with E-state index in [2.05, 4.69) is 0 Å². The first-order chi connectivity index (χ1) is 10.1. The van der Waals surface area contributed by atoms with Crippen LogP contribution in [0.3, 0.4) is 0 Å². The van der Waals surface area contributed by atoms with Crippen molar-refractivity contribution in [2.45, 2.75) is 20.0 Å². The number of ether oxygens (including phenoxy) is 1. The first kappa shape index (κ1) is 15.8. The van der Waals surface area contributed by atoms with Gasteiger partial charge in [0.05, 0.1) is 19.0 Å². The van der Waals surface area contributed by atoms with Crippen LogP contribution in [0.5, 0.6) is 5.75 Å². The number of hydrogen-bond acceptors (Lipinski definition) is 4. The van der Waals surface area contributed by atoms with Crippen LogP contribution in [0.15, 0.2) is 36.4 Å². The van der Waals surface area contributed by atoms with Crippen molar-refractivity contribution in [3.63, 3.8) is 0 Å². The van der Waals surface area contributed by atoms with Gasteiger partial charge in [-0.15, -0.1) is 0 Å². The molecule has 0 fully saturated rings. The van der Waals surface area contributed by atoms with E-state index in [4.69, 9.17) is 4.74 Å². The third-order valence-electron chi connectivity index (χ3n) is 3.45. The summed E-state index contributed by atoms with van der Waals surface area (Å²) in [6.45, 7) is 1.86. The highest BCUT2D eigenvalue weighted by Crippen LogP contribution is 2.28. The molecule has 0 aliphatic carbocycles. The van der Waals surface area contributed by atoms with Crippen LogP contribution in [-0.4, -0.2) is 31.6 Å². The standard InChI is InChI=1S/C16H20O4S/c1-2-21(18,19)11-5-10-20-16-9-8-13-6-3-4-7-14(13)15(16)12-17/h3-4,6-9,17H,2,5,10-12H2,1H3. The van der Waals surface area contributed by atoms with Crippen molar-refractivity contribution in [1.29, 1.82) is 0 Å². The molecule has 0 radical (unpaired) electrons.